The van der Waals surface area contributed by atoms with E-state index in [1.54, 1.807) is 35.1 Å². The van der Waals surface area contributed by atoms with E-state index in [-0.39, 0.29) is 71.9 Å². The van der Waals surface area contributed by atoms with Crippen LogP contribution in [0.2, 0.25) is 0 Å². The van der Waals surface area contributed by atoms with Crippen LogP contribution in [0.15, 0.2) is 69.2 Å². The normalized spacial score (nSPS) is 27.5. The minimum atomic E-state index is -0.429. The van der Waals surface area contributed by atoms with Gasteiger partial charge in [0.25, 0.3) is 11.1 Å². The Kier molecular flexibility index (Phi) is 12.6. The van der Waals surface area contributed by atoms with E-state index in [0.29, 0.717) is 62.2 Å². The number of allylic oxidation sites excluding steroid dienone is 2. The average molecular weight is 881 g/mol. The highest BCUT2D eigenvalue weighted by Crippen LogP contribution is 2.51. The number of hydrogen-bond donors (Lipinski definition) is 4. The van der Waals surface area contributed by atoms with Crippen molar-refractivity contribution in [2.45, 2.75) is 89.9 Å². The number of aromatic nitrogens is 4. The van der Waals surface area contributed by atoms with E-state index in [0.717, 1.165) is 21.4 Å². The maximum absolute atomic E-state index is 13.3. The Morgan fingerprint density at radius 2 is 1.11 bits per heavy atom. The molecule has 8 atom stereocenters. The van der Waals surface area contributed by atoms with Crippen LogP contribution in [0.3, 0.4) is 0 Å². The van der Waals surface area contributed by atoms with Crippen molar-refractivity contribution in [3.05, 3.63) is 113 Å². The number of nitrogens with one attached hydrogen (secondary N) is 2. The number of likely N-dealkylation sites (tertiary alicyclic amines) is 2. The number of fused-ring (bicyclic) bond motifs is 6. The van der Waals surface area contributed by atoms with Gasteiger partial charge in [0.2, 0.25) is 11.8 Å². The Labute approximate surface area is 369 Å². The summed E-state index contributed by atoms with van der Waals surface area (Å²) in [4.78, 5) is 65.8. The molecule has 0 aromatic carbocycles. The van der Waals surface area contributed by atoms with Gasteiger partial charge in [0.15, 0.2) is 0 Å². The van der Waals surface area contributed by atoms with Crippen molar-refractivity contribution in [2.75, 3.05) is 26.3 Å². The minimum Gasteiger partial charge on any atom is -0.396 e. The number of hydrogen-bond acceptors (Lipinski definition) is 12. The van der Waals surface area contributed by atoms with Crippen molar-refractivity contribution >= 4 is 46.6 Å². The van der Waals surface area contributed by atoms with E-state index in [2.05, 4.69) is 30.4 Å². The van der Waals surface area contributed by atoms with Crippen LogP contribution in [0.1, 0.15) is 84.1 Å². The van der Waals surface area contributed by atoms with Crippen LogP contribution in [-0.2, 0) is 35.8 Å². The van der Waals surface area contributed by atoms with Gasteiger partial charge in [-0.25, -0.2) is 9.97 Å². The van der Waals surface area contributed by atoms with Gasteiger partial charge in [-0.2, -0.15) is 0 Å². The largest absolute Gasteiger partial charge is 0.396 e. The number of carbonyl (C=O) groups is 2. The Morgan fingerprint density at radius 1 is 0.694 bits per heavy atom. The second kappa shape index (κ2) is 18.3. The standard InChI is InChI=1S/2C23H28N4O3S/c2*1-2-3-15-6-7-18-20-16(11-26(18)23(15)30)17(13-28)21(22(29)25-10-14-4-5-14)27(20)12-19-24-8-9-31-19/h2*2-3,6-9,14,16-17,20-21,28H,4-5,10-13H2,1H3,(H,25,29)/b3-2+;3-2-/t2*16-,17-,20+,21-/m11/s1. The second-order valence-corrected chi connectivity index (χ2v) is 19.6. The predicted octanol–water partition coefficient (Wildman–Crippen LogP) is 4.06. The molecule has 4 N–H and O–H groups in total. The molecule has 0 radical (unpaired) electrons. The molecule has 62 heavy (non-hydrogen) atoms. The first-order valence-corrected chi connectivity index (χ1v) is 23.8. The third-order valence-electron chi connectivity index (χ3n) is 13.8. The van der Waals surface area contributed by atoms with Crippen LogP contribution < -0.4 is 21.8 Å². The van der Waals surface area contributed by atoms with Crippen molar-refractivity contribution in [3.8, 4) is 0 Å². The van der Waals surface area contributed by atoms with E-state index in [9.17, 15) is 29.4 Å². The molecule has 0 unspecified atom stereocenters. The van der Waals surface area contributed by atoms with Gasteiger partial charge in [0.1, 0.15) is 10.0 Å². The molecule has 4 aromatic rings. The van der Waals surface area contributed by atoms with Gasteiger partial charge in [-0.05, 0) is 75.6 Å². The number of amides is 2. The Morgan fingerprint density at radius 3 is 1.45 bits per heavy atom. The minimum absolute atomic E-state index is 0.00868. The van der Waals surface area contributed by atoms with Gasteiger partial charge in [-0.15, -0.1) is 22.7 Å². The molecule has 2 saturated carbocycles. The first kappa shape index (κ1) is 42.7. The summed E-state index contributed by atoms with van der Waals surface area (Å²) in [7, 11) is 0. The van der Waals surface area contributed by atoms with Crippen LogP contribution >= 0.6 is 22.7 Å². The summed E-state index contributed by atoms with van der Waals surface area (Å²) in [6.07, 6.45) is 15.6. The smallest absolute Gasteiger partial charge is 0.258 e. The van der Waals surface area contributed by atoms with Crippen LogP contribution in [0.25, 0.3) is 12.2 Å². The van der Waals surface area contributed by atoms with Gasteiger partial charge >= 0.3 is 0 Å². The van der Waals surface area contributed by atoms with Crippen LogP contribution in [0, 0.1) is 35.5 Å². The number of nitrogens with zero attached hydrogens (tertiary/aromatic N) is 6. The molecular formula is C46H56N8O6S2. The molecule has 16 heteroatoms. The van der Waals surface area contributed by atoms with Gasteiger partial charge in [-0.1, -0.05) is 24.3 Å². The van der Waals surface area contributed by atoms with Crippen LogP contribution in [0.5, 0.6) is 0 Å². The van der Waals surface area contributed by atoms with Gasteiger partial charge in [0.05, 0.1) is 37.3 Å². The van der Waals surface area contributed by atoms with Crippen molar-refractivity contribution in [1.82, 2.24) is 39.5 Å². The molecule has 0 bridgehead atoms. The highest BCUT2D eigenvalue weighted by Gasteiger charge is 2.57. The average Bonchev–Trinajstić information content (AvgIpc) is 3.86. The summed E-state index contributed by atoms with van der Waals surface area (Å²) in [5.74, 6) is 0.712. The third-order valence-corrected chi connectivity index (χ3v) is 15.3. The summed E-state index contributed by atoms with van der Waals surface area (Å²) in [5.41, 5.74) is 3.16. The van der Waals surface area contributed by atoms with Crippen molar-refractivity contribution in [2.24, 2.45) is 35.5 Å². The summed E-state index contributed by atoms with van der Waals surface area (Å²) in [5, 5.41) is 32.7. The van der Waals surface area contributed by atoms with Crippen molar-refractivity contribution < 1.29 is 19.8 Å². The molecule has 10 rings (SSSR count). The lowest BCUT2D eigenvalue weighted by Gasteiger charge is -2.30. The lowest BCUT2D eigenvalue weighted by atomic mass is 9.88. The van der Waals surface area contributed by atoms with Gasteiger partial charge < -0.3 is 30.0 Å². The molecule has 8 heterocycles. The van der Waals surface area contributed by atoms with E-state index < -0.39 is 12.1 Å². The number of thiazole rings is 2. The SMILES string of the molecule is C/C=C/c1ccc2n(c1=O)C[C@@H]1[C@@H](CO)[C@H](C(=O)NCC3CC3)N(Cc3nccs3)[C@H]21.C/C=C\c1ccc2n(c1=O)C[C@@H]1[C@@H](CO)[C@H](C(=O)NCC3CC3)N(Cc3nccs3)[C@H]21. The predicted molar refractivity (Wildman–Crippen MR) is 239 cm³/mol. The molecule has 2 amide bonds. The van der Waals surface area contributed by atoms with E-state index in [1.807, 2.05) is 82.3 Å². The Bertz CT molecular complexity index is 2250. The lowest BCUT2D eigenvalue weighted by molar-refractivity contribution is -0.128. The maximum atomic E-state index is 13.3. The van der Waals surface area contributed by atoms with Crippen LogP contribution in [0.4, 0.5) is 0 Å². The fourth-order valence-corrected chi connectivity index (χ4v) is 11.8. The monoisotopic (exact) mass is 880 g/mol. The molecule has 14 nitrogen and oxygen atoms in total. The zero-order valence-electron chi connectivity index (χ0n) is 35.2. The summed E-state index contributed by atoms with van der Waals surface area (Å²) in [6.45, 7) is 7.15. The van der Waals surface area contributed by atoms with E-state index in [1.165, 1.54) is 25.7 Å². The van der Waals surface area contributed by atoms with Gasteiger partial charge in [-0.3, -0.25) is 29.0 Å². The van der Waals surface area contributed by atoms with E-state index in [4.69, 9.17) is 0 Å². The van der Waals surface area contributed by atoms with Crippen LogP contribution in [-0.4, -0.2) is 89.3 Å². The fourth-order valence-electron chi connectivity index (χ4n) is 10.5. The topological polar surface area (TPSA) is 175 Å². The zero-order valence-corrected chi connectivity index (χ0v) is 36.8. The summed E-state index contributed by atoms with van der Waals surface area (Å²) in [6, 6.07) is 6.71. The van der Waals surface area contributed by atoms with Crippen molar-refractivity contribution in [3.63, 3.8) is 0 Å². The molecule has 4 aromatic heterocycles. The molecule has 4 fully saturated rings. The molecule has 328 valence electrons. The fraction of sp³-hybridized carbons (Fsp3) is 0.522. The third kappa shape index (κ3) is 8.21. The molecule has 6 aliphatic rings. The zero-order chi connectivity index (χ0) is 43.1. The first-order valence-electron chi connectivity index (χ1n) is 22.0. The quantitative estimate of drug-likeness (QED) is 0.145. The Hall–Kier alpha value is -4.58. The number of aliphatic hydroxyl groups excluding tert-OH is 2. The Balaban J connectivity index is 0.000000158. The highest BCUT2D eigenvalue weighted by atomic mass is 32.1. The van der Waals surface area contributed by atoms with E-state index >= 15 is 0 Å². The first-order chi connectivity index (χ1) is 30.2. The number of pyridine rings is 2. The molecule has 4 aliphatic heterocycles. The summed E-state index contributed by atoms with van der Waals surface area (Å²) >= 11 is 3.13. The second-order valence-electron chi connectivity index (χ2n) is 17.6. The number of aliphatic hydroxyl groups is 2. The lowest BCUT2D eigenvalue weighted by Crippen LogP contribution is -2.48. The highest BCUT2D eigenvalue weighted by molar-refractivity contribution is 7.09. The summed E-state index contributed by atoms with van der Waals surface area (Å²) < 4.78 is 3.67. The molecular weight excluding hydrogens is 825 g/mol. The van der Waals surface area contributed by atoms with Crippen molar-refractivity contribution in [1.29, 1.82) is 0 Å². The molecule has 2 saturated heterocycles. The maximum Gasteiger partial charge on any atom is 0.258 e. The number of rotatable bonds is 14. The molecule has 0 spiro atoms. The molecule has 2 aliphatic carbocycles. The van der Waals surface area contributed by atoms with Gasteiger partial charge in [0, 0.05) is 109 Å². The number of carbonyl (C=O) groups excluding carboxylic acids is 2.